The predicted octanol–water partition coefficient (Wildman–Crippen LogP) is 0.509. The number of aromatic amines is 1. The van der Waals surface area contributed by atoms with Crippen LogP contribution in [0.25, 0.3) is 0 Å². The number of urea groups is 1. The van der Waals surface area contributed by atoms with Crippen LogP contribution in [0.1, 0.15) is 10.4 Å². The molecule has 0 saturated heterocycles. The Hall–Kier alpha value is -3.13. The molecule has 2 heterocycles. The second-order valence-electron chi connectivity index (χ2n) is 4.89. The number of esters is 1. The lowest BCUT2D eigenvalue weighted by Gasteiger charge is -2.17. The molecular weight excluding hydrogens is 420 g/mol. The molecule has 0 atom stereocenters. The maximum Gasteiger partial charge on any atom is 0.344 e. The summed E-state index contributed by atoms with van der Waals surface area (Å²) in [6.07, 6.45) is 0. The fourth-order valence-corrected chi connectivity index (χ4v) is 3.27. The Labute approximate surface area is 164 Å². The van der Waals surface area contributed by atoms with Gasteiger partial charge in [0.05, 0.1) is 27.4 Å². The second kappa shape index (κ2) is 8.26. The van der Waals surface area contributed by atoms with Gasteiger partial charge in [-0.25, -0.2) is 13.9 Å². The number of carbonyl (C=O) groups is 2. The van der Waals surface area contributed by atoms with Crippen LogP contribution in [0, 0.1) is 0 Å². The molecule has 0 aliphatic carbocycles. The Balaban J connectivity index is 2.34. The van der Waals surface area contributed by atoms with Crippen LogP contribution in [-0.2, 0) is 14.8 Å². The van der Waals surface area contributed by atoms with Gasteiger partial charge in [-0.2, -0.15) is 23.5 Å². The van der Waals surface area contributed by atoms with Crippen molar-refractivity contribution in [2.24, 2.45) is 0 Å². The highest BCUT2D eigenvalue weighted by atomic mass is 35.5. The molecule has 2 amide bonds. The number of nitrogens with one attached hydrogen (secondary N) is 2. The average Bonchev–Trinajstić information content (AvgIpc) is 3.08. The Morgan fingerprint density at radius 1 is 1.18 bits per heavy atom. The van der Waals surface area contributed by atoms with Crippen molar-refractivity contribution < 1.29 is 32.2 Å². The van der Waals surface area contributed by atoms with Crippen molar-refractivity contribution in [3.8, 4) is 11.8 Å². The molecule has 13 nitrogen and oxygen atoms in total. The van der Waals surface area contributed by atoms with Gasteiger partial charge in [-0.1, -0.05) is 11.6 Å². The molecule has 2 aromatic rings. The van der Waals surface area contributed by atoms with E-state index in [9.17, 15) is 18.0 Å². The van der Waals surface area contributed by atoms with Crippen LogP contribution in [0.15, 0.2) is 11.1 Å². The fraction of sp³-hybridized carbons (Fsp3) is 0.308. The highest BCUT2D eigenvalue weighted by Crippen LogP contribution is 2.25. The zero-order valence-electron chi connectivity index (χ0n) is 15.0. The number of rotatable bonds is 6. The summed E-state index contributed by atoms with van der Waals surface area (Å²) in [6.45, 7) is 0. The van der Waals surface area contributed by atoms with Crippen LogP contribution < -0.4 is 14.8 Å². The minimum Gasteiger partial charge on any atom is -0.481 e. The van der Waals surface area contributed by atoms with Gasteiger partial charge >= 0.3 is 12.0 Å². The number of hydrogen-bond donors (Lipinski definition) is 2. The number of amides is 2. The van der Waals surface area contributed by atoms with E-state index in [0.29, 0.717) is 4.31 Å². The van der Waals surface area contributed by atoms with Crippen molar-refractivity contribution in [3.05, 3.63) is 16.8 Å². The molecule has 0 radical (unpaired) electrons. The molecule has 0 fully saturated rings. The summed E-state index contributed by atoms with van der Waals surface area (Å²) in [5.74, 6) is -1.19. The van der Waals surface area contributed by atoms with Crippen LogP contribution in [0.3, 0.4) is 0 Å². The molecule has 0 aliphatic rings. The number of aromatic nitrogens is 4. The lowest BCUT2D eigenvalue weighted by Crippen LogP contribution is -2.37. The molecule has 0 aliphatic heterocycles. The Morgan fingerprint density at radius 3 is 2.25 bits per heavy atom. The summed E-state index contributed by atoms with van der Waals surface area (Å²) < 4.78 is 40.1. The SMILES string of the molecule is COC(=O)c1c(Cl)n[nH]c1S(=O)(=O)N(C)C(=O)Nc1nc(OC)cc(OC)n1. The molecule has 0 bridgehead atoms. The number of halogens is 1. The lowest BCUT2D eigenvalue weighted by atomic mass is 10.4. The summed E-state index contributed by atoms with van der Waals surface area (Å²) in [7, 11) is 0.0886. The molecule has 2 rings (SSSR count). The quantitative estimate of drug-likeness (QED) is 0.611. The molecule has 0 saturated carbocycles. The van der Waals surface area contributed by atoms with Crippen LogP contribution in [0.5, 0.6) is 11.8 Å². The lowest BCUT2D eigenvalue weighted by molar-refractivity contribution is 0.0596. The van der Waals surface area contributed by atoms with Crippen molar-refractivity contribution in [2.45, 2.75) is 5.03 Å². The first kappa shape index (κ1) is 21.2. The first-order valence-electron chi connectivity index (χ1n) is 7.24. The largest absolute Gasteiger partial charge is 0.481 e. The van der Waals surface area contributed by atoms with Crippen LogP contribution in [-0.4, -0.2) is 73.3 Å². The molecular formula is C13H15ClN6O7S. The summed E-state index contributed by atoms with van der Waals surface area (Å²) in [5, 5.41) is 6.60. The normalized spacial score (nSPS) is 10.9. The zero-order valence-corrected chi connectivity index (χ0v) is 16.6. The Bertz CT molecular complexity index is 987. The van der Waals surface area contributed by atoms with Crippen LogP contribution in [0.4, 0.5) is 10.7 Å². The van der Waals surface area contributed by atoms with E-state index in [1.165, 1.54) is 20.3 Å². The number of hydrogen-bond acceptors (Lipinski definition) is 10. The van der Waals surface area contributed by atoms with Gasteiger partial charge in [0.1, 0.15) is 5.56 Å². The summed E-state index contributed by atoms with van der Waals surface area (Å²) >= 11 is 5.73. The minimum absolute atomic E-state index is 0.0704. The van der Waals surface area contributed by atoms with E-state index in [4.69, 9.17) is 21.1 Å². The highest BCUT2D eigenvalue weighted by molar-refractivity contribution is 7.89. The van der Waals surface area contributed by atoms with Crippen molar-refractivity contribution in [3.63, 3.8) is 0 Å². The van der Waals surface area contributed by atoms with Crippen molar-refractivity contribution >= 4 is 39.6 Å². The summed E-state index contributed by atoms with van der Waals surface area (Å²) in [4.78, 5) is 31.9. The maximum atomic E-state index is 12.7. The van der Waals surface area contributed by atoms with E-state index in [0.717, 1.165) is 14.2 Å². The molecule has 2 aromatic heterocycles. The van der Waals surface area contributed by atoms with E-state index >= 15 is 0 Å². The third-order valence-corrected chi connectivity index (χ3v) is 5.27. The van der Waals surface area contributed by atoms with Gasteiger partial charge in [0.15, 0.2) is 10.2 Å². The van der Waals surface area contributed by atoms with Gasteiger partial charge in [-0.3, -0.25) is 10.4 Å². The molecule has 28 heavy (non-hydrogen) atoms. The number of methoxy groups -OCH3 is 3. The average molecular weight is 435 g/mol. The van der Waals surface area contributed by atoms with E-state index in [1.807, 2.05) is 0 Å². The number of ether oxygens (including phenoxy) is 3. The first-order valence-corrected chi connectivity index (χ1v) is 9.06. The molecule has 0 aromatic carbocycles. The first-order chi connectivity index (χ1) is 13.1. The Kier molecular flexibility index (Phi) is 6.25. The maximum absolute atomic E-state index is 12.7. The van der Waals surface area contributed by atoms with E-state index < -0.39 is 37.8 Å². The van der Waals surface area contributed by atoms with Crippen molar-refractivity contribution in [2.75, 3.05) is 33.7 Å². The summed E-state index contributed by atoms with van der Waals surface area (Å²) in [5.41, 5.74) is -0.539. The van der Waals surface area contributed by atoms with Gasteiger partial charge in [0.25, 0.3) is 10.0 Å². The van der Waals surface area contributed by atoms with Gasteiger partial charge in [0.2, 0.25) is 17.7 Å². The minimum atomic E-state index is -4.55. The topological polar surface area (TPSA) is 166 Å². The highest BCUT2D eigenvalue weighted by Gasteiger charge is 2.35. The number of carbonyl (C=O) groups excluding carboxylic acids is 2. The van der Waals surface area contributed by atoms with Gasteiger partial charge < -0.3 is 14.2 Å². The van der Waals surface area contributed by atoms with E-state index in [1.54, 1.807) is 0 Å². The summed E-state index contributed by atoms with van der Waals surface area (Å²) in [6, 6.07) is 0.211. The molecule has 0 unspecified atom stereocenters. The van der Waals surface area contributed by atoms with Crippen molar-refractivity contribution in [1.82, 2.24) is 24.5 Å². The number of nitrogens with zero attached hydrogens (tertiary/aromatic N) is 4. The fourth-order valence-electron chi connectivity index (χ4n) is 1.86. The molecule has 15 heteroatoms. The third-order valence-electron chi connectivity index (χ3n) is 3.30. The van der Waals surface area contributed by atoms with E-state index in [-0.39, 0.29) is 17.7 Å². The predicted molar refractivity (Wildman–Crippen MR) is 94.0 cm³/mol. The smallest absolute Gasteiger partial charge is 0.344 e. The van der Waals surface area contributed by atoms with Crippen molar-refractivity contribution in [1.29, 1.82) is 0 Å². The number of H-pyrrole nitrogens is 1. The molecule has 2 N–H and O–H groups in total. The Morgan fingerprint density at radius 2 is 1.75 bits per heavy atom. The van der Waals surface area contributed by atoms with Crippen LogP contribution >= 0.6 is 11.6 Å². The second-order valence-corrected chi connectivity index (χ2v) is 7.15. The monoisotopic (exact) mass is 434 g/mol. The number of sulfonamides is 1. The van der Waals surface area contributed by atoms with Gasteiger partial charge in [-0.15, -0.1) is 0 Å². The van der Waals surface area contributed by atoms with Gasteiger partial charge in [0, 0.05) is 7.05 Å². The standard InChI is InChI=1S/C13H15ClN6O7S/c1-20(13(22)17-12-15-6(25-2)5-7(16-12)26-3)28(23,24)10-8(11(21)27-4)9(14)18-19-10/h5H,1-4H3,(H,18,19)(H,15,16,17,22). The zero-order chi connectivity index (χ0) is 21.1. The molecule has 0 spiro atoms. The third kappa shape index (κ3) is 4.07. The van der Waals surface area contributed by atoms with E-state index in [2.05, 4.69) is 30.2 Å². The van der Waals surface area contributed by atoms with Gasteiger partial charge in [-0.05, 0) is 0 Å². The number of anilines is 1. The van der Waals surface area contributed by atoms with Crippen LogP contribution in [0.2, 0.25) is 5.15 Å². The molecule has 152 valence electrons.